The average Bonchev–Trinajstić information content (AvgIpc) is 3.11. The van der Waals surface area contributed by atoms with Gasteiger partial charge in [0.2, 0.25) is 0 Å². The second-order valence-electron chi connectivity index (χ2n) is 9.36. The SMILES string of the molecule is COC(=O)[C@]12CC[C@]34CCC[N+]5([O-])CC(C(=O)C3)[C@]1(c1ccccc1N2)[C@H]45. The zero-order chi connectivity index (χ0) is 18.7. The fraction of sp³-hybridized carbons (Fsp3) is 0.619. The molecule has 2 aliphatic carbocycles. The molecule has 0 amide bonds. The maximum absolute atomic E-state index is 14.1. The van der Waals surface area contributed by atoms with Crippen molar-refractivity contribution in [2.24, 2.45) is 11.3 Å². The summed E-state index contributed by atoms with van der Waals surface area (Å²) in [4.78, 5) is 26.7. The van der Waals surface area contributed by atoms with Crippen molar-refractivity contribution >= 4 is 17.4 Å². The van der Waals surface area contributed by atoms with Crippen LogP contribution in [0.5, 0.6) is 0 Å². The number of hydroxylamine groups is 3. The summed E-state index contributed by atoms with van der Waals surface area (Å²) in [6.45, 7) is 0.859. The Labute approximate surface area is 158 Å². The number of anilines is 1. The largest absolute Gasteiger partial charge is 0.633 e. The van der Waals surface area contributed by atoms with Crippen LogP contribution >= 0.6 is 0 Å². The Hall–Kier alpha value is -1.92. The van der Waals surface area contributed by atoms with Gasteiger partial charge >= 0.3 is 5.97 Å². The molecule has 6 heteroatoms. The van der Waals surface area contributed by atoms with Gasteiger partial charge in [-0.05, 0) is 37.3 Å². The van der Waals surface area contributed by atoms with Crippen molar-refractivity contribution in [2.75, 3.05) is 25.5 Å². The highest BCUT2D eigenvalue weighted by Crippen LogP contribution is 2.73. The number of ketones is 1. The van der Waals surface area contributed by atoms with E-state index in [1.54, 1.807) is 0 Å². The van der Waals surface area contributed by atoms with E-state index >= 15 is 0 Å². The first kappa shape index (κ1) is 16.1. The van der Waals surface area contributed by atoms with Crippen LogP contribution in [0.3, 0.4) is 0 Å². The van der Waals surface area contributed by atoms with Gasteiger partial charge in [0, 0.05) is 17.5 Å². The van der Waals surface area contributed by atoms with E-state index in [2.05, 4.69) is 5.32 Å². The number of rotatable bonds is 1. The molecule has 4 fully saturated rings. The van der Waals surface area contributed by atoms with Gasteiger partial charge in [-0.3, -0.25) is 4.79 Å². The highest BCUT2D eigenvalue weighted by atomic mass is 16.6. The summed E-state index contributed by atoms with van der Waals surface area (Å²) in [6, 6.07) is 7.65. The Morgan fingerprint density at radius 2 is 2.11 bits per heavy atom. The van der Waals surface area contributed by atoms with Crippen LogP contribution in [-0.2, 0) is 19.7 Å². The standard InChI is InChI=1S/C21H24N2O4/c1-27-18(25)20-9-8-19-7-4-10-23(26)12-14(16(24)11-19)21(20,17(19)23)13-5-2-3-6-15(13)22-20/h2-3,5-6,14,17,22H,4,7-12H2,1H3/t14?,17-,19+,20+,21+,23?/m0/s1. The summed E-state index contributed by atoms with van der Waals surface area (Å²) in [7, 11) is 1.41. The molecule has 2 saturated carbocycles. The second kappa shape index (κ2) is 4.55. The van der Waals surface area contributed by atoms with Gasteiger partial charge in [-0.1, -0.05) is 18.2 Å². The minimum absolute atomic E-state index is 0.176. The lowest BCUT2D eigenvalue weighted by Gasteiger charge is -2.65. The Morgan fingerprint density at radius 3 is 2.93 bits per heavy atom. The average molecular weight is 368 g/mol. The van der Waals surface area contributed by atoms with E-state index in [0.29, 0.717) is 25.9 Å². The van der Waals surface area contributed by atoms with Gasteiger partial charge in [-0.15, -0.1) is 0 Å². The van der Waals surface area contributed by atoms with Crippen LogP contribution in [0.1, 0.15) is 37.7 Å². The molecule has 3 aliphatic heterocycles. The number of nitrogens with zero attached hydrogens (tertiary/aromatic N) is 1. The van der Waals surface area contributed by atoms with Crippen LogP contribution in [0.4, 0.5) is 5.69 Å². The van der Waals surface area contributed by atoms with Gasteiger partial charge in [-0.25, -0.2) is 4.79 Å². The lowest BCUT2D eigenvalue weighted by molar-refractivity contribution is -0.910. The molecule has 1 N–H and O–H groups in total. The number of carbonyl (C=O) groups is 2. The van der Waals surface area contributed by atoms with E-state index in [0.717, 1.165) is 30.5 Å². The lowest BCUT2D eigenvalue weighted by Crippen LogP contribution is -2.77. The summed E-state index contributed by atoms with van der Waals surface area (Å²) in [6.07, 6.45) is 3.65. The highest BCUT2D eigenvalue weighted by molar-refractivity contribution is 5.97. The second-order valence-corrected chi connectivity index (χ2v) is 9.36. The van der Waals surface area contributed by atoms with E-state index in [1.165, 1.54) is 7.11 Å². The van der Waals surface area contributed by atoms with E-state index < -0.39 is 16.9 Å². The van der Waals surface area contributed by atoms with Crippen molar-refractivity contribution in [2.45, 2.75) is 49.1 Å². The molecular formula is C21H24N2O4. The van der Waals surface area contributed by atoms with Crippen LogP contribution in [-0.4, -0.2) is 48.2 Å². The number of ether oxygens (including phenoxy) is 1. The number of methoxy groups -OCH3 is 1. The monoisotopic (exact) mass is 368 g/mol. The minimum Gasteiger partial charge on any atom is -0.633 e. The minimum atomic E-state index is -1.01. The predicted octanol–water partition coefficient (Wildman–Crippen LogP) is 2.12. The van der Waals surface area contributed by atoms with Crippen molar-refractivity contribution in [3.05, 3.63) is 35.0 Å². The van der Waals surface area contributed by atoms with E-state index in [4.69, 9.17) is 4.74 Å². The lowest BCUT2D eigenvalue weighted by atomic mass is 9.41. The molecule has 1 spiro atoms. The summed E-state index contributed by atoms with van der Waals surface area (Å²) >= 11 is 0. The predicted molar refractivity (Wildman–Crippen MR) is 97.7 cm³/mol. The zero-order valence-corrected chi connectivity index (χ0v) is 15.5. The third-order valence-corrected chi connectivity index (χ3v) is 8.61. The Bertz CT molecular complexity index is 902. The summed E-state index contributed by atoms with van der Waals surface area (Å²) in [5.41, 5.74) is -0.201. The number of quaternary nitrogens is 1. The number of fused-ring (bicyclic) bond motifs is 1. The molecule has 142 valence electrons. The van der Waals surface area contributed by atoms with Gasteiger partial charge in [0.15, 0.2) is 5.54 Å². The first-order valence-corrected chi connectivity index (χ1v) is 10.0. The maximum atomic E-state index is 14.1. The van der Waals surface area contributed by atoms with Crippen LogP contribution in [0, 0.1) is 16.5 Å². The number of para-hydroxylation sites is 1. The molecule has 3 heterocycles. The normalized spacial score (nSPS) is 48.4. The van der Waals surface area contributed by atoms with E-state index in [-0.39, 0.29) is 27.9 Å². The Balaban J connectivity index is 1.74. The third-order valence-electron chi connectivity index (χ3n) is 8.61. The fourth-order valence-corrected chi connectivity index (χ4v) is 8.10. The number of piperidine rings is 1. The van der Waals surface area contributed by atoms with E-state index in [1.807, 2.05) is 24.3 Å². The Morgan fingerprint density at radius 1 is 1.30 bits per heavy atom. The summed E-state index contributed by atoms with van der Waals surface area (Å²) in [5, 5.41) is 17.6. The van der Waals surface area contributed by atoms with Gasteiger partial charge in [0.05, 0.1) is 31.5 Å². The van der Waals surface area contributed by atoms with Crippen molar-refractivity contribution in [3.63, 3.8) is 0 Å². The molecule has 5 aliphatic rings. The van der Waals surface area contributed by atoms with Gasteiger partial charge < -0.3 is 19.9 Å². The topological polar surface area (TPSA) is 78.5 Å². The van der Waals surface area contributed by atoms with Crippen LogP contribution in [0.2, 0.25) is 0 Å². The molecule has 1 aromatic rings. The number of carbonyl (C=O) groups excluding carboxylic acids is 2. The number of benzene rings is 1. The molecule has 0 radical (unpaired) electrons. The molecule has 0 aromatic heterocycles. The quantitative estimate of drug-likeness (QED) is 0.467. The van der Waals surface area contributed by atoms with E-state index in [9.17, 15) is 14.8 Å². The molecular weight excluding hydrogens is 344 g/mol. The zero-order valence-electron chi connectivity index (χ0n) is 15.5. The molecule has 4 bridgehead atoms. The van der Waals surface area contributed by atoms with Crippen LogP contribution in [0.25, 0.3) is 0 Å². The van der Waals surface area contributed by atoms with Crippen molar-refractivity contribution < 1.29 is 19.0 Å². The number of Topliss-reactive ketones (excluding diaryl/α,β-unsaturated/α-hetero) is 1. The Kier molecular flexibility index (Phi) is 2.71. The smallest absolute Gasteiger partial charge is 0.332 e. The first-order valence-electron chi connectivity index (χ1n) is 10.0. The molecule has 6 rings (SSSR count). The van der Waals surface area contributed by atoms with Crippen LogP contribution in [0.15, 0.2) is 24.3 Å². The number of nitrogens with one attached hydrogen (secondary N) is 1. The van der Waals surface area contributed by atoms with Gasteiger partial charge in [0.1, 0.15) is 11.8 Å². The number of esters is 1. The number of hydrogen-bond acceptors (Lipinski definition) is 5. The highest BCUT2D eigenvalue weighted by Gasteiger charge is 2.85. The summed E-state index contributed by atoms with van der Waals surface area (Å²) < 4.78 is 4.99. The van der Waals surface area contributed by atoms with Crippen molar-refractivity contribution in [3.8, 4) is 0 Å². The molecule has 2 unspecified atom stereocenters. The molecule has 6 atom stereocenters. The molecule has 27 heavy (non-hydrogen) atoms. The van der Waals surface area contributed by atoms with Crippen molar-refractivity contribution in [1.82, 2.24) is 0 Å². The third kappa shape index (κ3) is 1.45. The number of hydrogen-bond donors (Lipinski definition) is 1. The van der Waals surface area contributed by atoms with Gasteiger partial charge in [-0.2, -0.15) is 0 Å². The molecule has 1 aromatic carbocycles. The van der Waals surface area contributed by atoms with Crippen LogP contribution < -0.4 is 5.32 Å². The maximum Gasteiger partial charge on any atom is 0.332 e. The molecule has 2 saturated heterocycles. The molecule has 6 nitrogen and oxygen atoms in total. The first-order chi connectivity index (χ1) is 12.9. The van der Waals surface area contributed by atoms with Gasteiger partial charge in [0.25, 0.3) is 0 Å². The summed E-state index contributed by atoms with van der Waals surface area (Å²) in [5.74, 6) is -0.566. The fourth-order valence-electron chi connectivity index (χ4n) is 8.10. The van der Waals surface area contributed by atoms with Crippen molar-refractivity contribution in [1.29, 1.82) is 0 Å².